The third-order valence-electron chi connectivity index (χ3n) is 2.62. The van der Waals surface area contributed by atoms with E-state index >= 15 is 0 Å². The van der Waals surface area contributed by atoms with Gasteiger partial charge in [-0.2, -0.15) is 0 Å². The highest BCUT2D eigenvalue weighted by Crippen LogP contribution is 2.30. The molecule has 0 N–H and O–H groups in total. The molecule has 3 nitrogen and oxygen atoms in total. The van der Waals surface area contributed by atoms with Gasteiger partial charge in [0.25, 0.3) is 9.05 Å². The molecule has 0 fully saturated rings. The summed E-state index contributed by atoms with van der Waals surface area (Å²) in [6, 6.07) is 8.36. The zero-order chi connectivity index (χ0) is 15.6. The lowest BCUT2D eigenvalue weighted by molar-refractivity contribution is 0.298. The Morgan fingerprint density at radius 3 is 2.52 bits per heavy atom. The van der Waals surface area contributed by atoms with Crippen LogP contribution in [0.3, 0.4) is 0 Å². The van der Waals surface area contributed by atoms with Gasteiger partial charge in [0, 0.05) is 16.2 Å². The van der Waals surface area contributed by atoms with Crippen LogP contribution in [0.5, 0.6) is 5.75 Å². The number of hydrogen-bond donors (Lipinski definition) is 0. The molecule has 0 saturated heterocycles. The van der Waals surface area contributed by atoms with E-state index in [1.165, 1.54) is 30.3 Å². The fourth-order valence-electron chi connectivity index (χ4n) is 1.57. The van der Waals surface area contributed by atoms with E-state index in [0.29, 0.717) is 10.2 Å². The molecule has 0 aliphatic rings. The number of ether oxygens (including phenoxy) is 1. The molecule has 21 heavy (non-hydrogen) atoms. The molecule has 0 spiro atoms. The van der Waals surface area contributed by atoms with Gasteiger partial charge in [0.1, 0.15) is 18.2 Å². The van der Waals surface area contributed by atoms with Crippen molar-refractivity contribution in [3.8, 4) is 5.75 Å². The summed E-state index contributed by atoms with van der Waals surface area (Å²) in [6.45, 7) is -0.0862. The van der Waals surface area contributed by atoms with Gasteiger partial charge in [-0.25, -0.2) is 12.8 Å². The first-order chi connectivity index (χ1) is 9.79. The summed E-state index contributed by atoms with van der Waals surface area (Å²) in [5.41, 5.74) is 0.222. The molecule has 0 amide bonds. The quantitative estimate of drug-likeness (QED) is 0.679. The lowest BCUT2D eigenvalue weighted by Crippen LogP contribution is -2.00. The van der Waals surface area contributed by atoms with Crippen LogP contribution >= 0.6 is 38.2 Å². The van der Waals surface area contributed by atoms with Crippen molar-refractivity contribution in [3.63, 3.8) is 0 Å². The molecule has 0 heterocycles. The van der Waals surface area contributed by atoms with E-state index in [2.05, 4.69) is 15.9 Å². The number of hydrogen-bond acceptors (Lipinski definition) is 3. The normalized spacial score (nSPS) is 11.4. The van der Waals surface area contributed by atoms with Crippen LogP contribution in [0.25, 0.3) is 0 Å². The summed E-state index contributed by atoms with van der Waals surface area (Å²) < 4.78 is 41.8. The van der Waals surface area contributed by atoms with Gasteiger partial charge >= 0.3 is 0 Å². The van der Waals surface area contributed by atoms with Crippen LogP contribution in [0.15, 0.2) is 45.8 Å². The standard InChI is InChI=1S/C13H8BrCl2FO3S/c14-10-6-8(21(16,18)19)4-5-13(10)20-7-9-11(15)2-1-3-12(9)17/h1-6H,7H2. The van der Waals surface area contributed by atoms with E-state index in [-0.39, 0.29) is 22.1 Å². The topological polar surface area (TPSA) is 43.4 Å². The SMILES string of the molecule is O=S(=O)(Cl)c1ccc(OCc2c(F)cccc2Cl)c(Br)c1. The average Bonchev–Trinajstić information content (AvgIpc) is 2.38. The first-order valence-electron chi connectivity index (χ1n) is 5.59. The first-order valence-corrected chi connectivity index (χ1v) is 9.07. The molecule has 0 atom stereocenters. The minimum Gasteiger partial charge on any atom is -0.488 e. The van der Waals surface area contributed by atoms with Crippen molar-refractivity contribution in [1.82, 2.24) is 0 Å². The van der Waals surface area contributed by atoms with E-state index in [4.69, 9.17) is 27.0 Å². The third kappa shape index (κ3) is 4.10. The Labute approximate surface area is 139 Å². The van der Waals surface area contributed by atoms with Crippen LogP contribution in [0.1, 0.15) is 5.56 Å². The highest BCUT2D eigenvalue weighted by Gasteiger charge is 2.14. The van der Waals surface area contributed by atoms with Crippen molar-refractivity contribution in [2.45, 2.75) is 11.5 Å². The van der Waals surface area contributed by atoms with Crippen LogP contribution in [-0.2, 0) is 15.7 Å². The third-order valence-corrected chi connectivity index (χ3v) is 4.94. The van der Waals surface area contributed by atoms with Gasteiger partial charge in [-0.15, -0.1) is 0 Å². The van der Waals surface area contributed by atoms with E-state index in [1.54, 1.807) is 6.07 Å². The van der Waals surface area contributed by atoms with Crippen LogP contribution in [0, 0.1) is 5.82 Å². The van der Waals surface area contributed by atoms with Gasteiger partial charge in [-0.05, 0) is 46.3 Å². The second-order valence-corrected chi connectivity index (χ2v) is 7.85. The summed E-state index contributed by atoms with van der Waals surface area (Å²) in [4.78, 5) is -0.0627. The van der Waals surface area contributed by atoms with Crippen LogP contribution in [-0.4, -0.2) is 8.42 Å². The Bertz CT molecular complexity index is 761. The summed E-state index contributed by atoms with van der Waals surface area (Å²) in [6.07, 6.45) is 0. The summed E-state index contributed by atoms with van der Waals surface area (Å²) >= 11 is 9.07. The Hall–Kier alpha value is -0.820. The van der Waals surface area contributed by atoms with E-state index in [9.17, 15) is 12.8 Å². The molecule has 0 aliphatic carbocycles. The zero-order valence-electron chi connectivity index (χ0n) is 10.3. The molecule has 0 aromatic heterocycles. The van der Waals surface area contributed by atoms with Gasteiger partial charge < -0.3 is 4.74 Å². The molecule has 8 heteroatoms. The van der Waals surface area contributed by atoms with Gasteiger partial charge in [-0.3, -0.25) is 0 Å². The Balaban J connectivity index is 2.22. The fourth-order valence-corrected chi connectivity index (χ4v) is 3.21. The lowest BCUT2D eigenvalue weighted by atomic mass is 10.2. The van der Waals surface area contributed by atoms with Crippen molar-refractivity contribution in [3.05, 3.63) is 57.3 Å². The smallest absolute Gasteiger partial charge is 0.261 e. The highest BCUT2D eigenvalue weighted by molar-refractivity contribution is 9.10. The Morgan fingerprint density at radius 1 is 1.24 bits per heavy atom. The molecule has 2 rings (SSSR count). The van der Waals surface area contributed by atoms with Crippen LogP contribution in [0.2, 0.25) is 5.02 Å². The molecule has 0 saturated carbocycles. The lowest BCUT2D eigenvalue weighted by Gasteiger charge is -2.10. The largest absolute Gasteiger partial charge is 0.488 e. The van der Waals surface area contributed by atoms with Crippen molar-refractivity contribution in [1.29, 1.82) is 0 Å². The molecule has 2 aromatic carbocycles. The van der Waals surface area contributed by atoms with Crippen molar-refractivity contribution in [2.75, 3.05) is 0 Å². The Morgan fingerprint density at radius 2 is 1.95 bits per heavy atom. The van der Waals surface area contributed by atoms with E-state index in [0.717, 1.165) is 0 Å². The summed E-state index contributed by atoms with van der Waals surface area (Å²) in [7, 11) is 1.42. The number of rotatable bonds is 4. The van der Waals surface area contributed by atoms with Gasteiger partial charge in [0.2, 0.25) is 0 Å². The molecule has 0 bridgehead atoms. The zero-order valence-corrected chi connectivity index (χ0v) is 14.2. The summed E-state index contributed by atoms with van der Waals surface area (Å²) in [5.74, 6) is -0.128. The summed E-state index contributed by atoms with van der Waals surface area (Å²) in [5, 5.41) is 0.256. The molecule has 0 aliphatic heterocycles. The maximum atomic E-state index is 13.6. The van der Waals surface area contributed by atoms with Crippen molar-refractivity contribution >= 4 is 47.3 Å². The van der Waals surface area contributed by atoms with Gasteiger partial charge in [0.05, 0.1) is 14.4 Å². The molecule has 2 aromatic rings. The molecule has 112 valence electrons. The number of benzene rings is 2. The second kappa shape index (κ2) is 6.52. The monoisotopic (exact) mass is 412 g/mol. The van der Waals surface area contributed by atoms with Crippen molar-refractivity contribution < 1.29 is 17.5 Å². The molecule has 0 radical (unpaired) electrons. The fraction of sp³-hybridized carbons (Fsp3) is 0.0769. The van der Waals surface area contributed by atoms with Crippen LogP contribution < -0.4 is 4.74 Å². The van der Waals surface area contributed by atoms with Crippen LogP contribution in [0.4, 0.5) is 4.39 Å². The molecular formula is C13H8BrCl2FO3S. The van der Waals surface area contributed by atoms with E-state index < -0.39 is 14.9 Å². The molecular weight excluding hydrogens is 406 g/mol. The van der Waals surface area contributed by atoms with Crippen molar-refractivity contribution in [2.24, 2.45) is 0 Å². The predicted molar refractivity (Wildman–Crippen MR) is 82.9 cm³/mol. The first kappa shape index (κ1) is 16.5. The van der Waals surface area contributed by atoms with E-state index in [1.807, 2.05) is 0 Å². The maximum Gasteiger partial charge on any atom is 0.261 e. The average molecular weight is 414 g/mol. The van der Waals surface area contributed by atoms with Gasteiger partial charge in [-0.1, -0.05) is 17.7 Å². The predicted octanol–water partition coefficient (Wildman–Crippen LogP) is 4.75. The van der Waals surface area contributed by atoms with Gasteiger partial charge in [0.15, 0.2) is 0 Å². The second-order valence-electron chi connectivity index (χ2n) is 4.02. The minimum atomic E-state index is -3.82. The minimum absolute atomic E-state index is 0.0627. The Kier molecular flexibility index (Phi) is 5.14. The number of halogens is 4. The maximum absolute atomic E-state index is 13.6. The molecule has 0 unspecified atom stereocenters. The highest BCUT2D eigenvalue weighted by atomic mass is 79.9.